The fraction of sp³-hybridized carbons (Fsp3) is 0.263. The molecule has 11 nitrogen and oxygen atoms in total. The van der Waals surface area contributed by atoms with Gasteiger partial charge >= 0.3 is 0 Å². The number of aryl methyl sites for hydroxylation is 2. The minimum absolute atomic E-state index is 0.142. The maximum Gasteiger partial charge on any atom is 0.276 e. The van der Waals surface area contributed by atoms with E-state index in [1.165, 1.54) is 42.2 Å². The fourth-order valence-electron chi connectivity index (χ4n) is 3.02. The van der Waals surface area contributed by atoms with Crippen molar-refractivity contribution in [3.8, 4) is 0 Å². The molecule has 0 saturated carbocycles. The molecular weight excluding hydrogens is 390 g/mol. The van der Waals surface area contributed by atoms with Crippen molar-refractivity contribution in [3.63, 3.8) is 0 Å². The van der Waals surface area contributed by atoms with Gasteiger partial charge in [-0.2, -0.15) is 10.2 Å². The number of nitrogens with zero attached hydrogens (tertiary/aromatic N) is 5. The van der Waals surface area contributed by atoms with E-state index in [0.29, 0.717) is 12.2 Å². The van der Waals surface area contributed by atoms with Crippen LogP contribution in [-0.4, -0.2) is 36.3 Å². The van der Waals surface area contributed by atoms with E-state index >= 15 is 0 Å². The molecule has 0 radical (unpaired) electrons. The third-order valence-corrected chi connectivity index (χ3v) is 4.83. The van der Waals surface area contributed by atoms with Crippen LogP contribution in [0.15, 0.2) is 30.6 Å². The summed E-state index contributed by atoms with van der Waals surface area (Å²) < 4.78 is 3.08. The largest absolute Gasteiger partial charge is 0.319 e. The third-order valence-electron chi connectivity index (χ3n) is 4.83. The number of hydrogen-bond acceptors (Lipinski definition) is 6. The number of amides is 2. The van der Waals surface area contributed by atoms with Crippen molar-refractivity contribution in [2.24, 2.45) is 7.05 Å². The molecule has 3 aromatic rings. The van der Waals surface area contributed by atoms with Crippen LogP contribution in [0.4, 0.5) is 17.1 Å². The molecule has 0 spiro atoms. The molecule has 0 unspecified atom stereocenters. The number of carbonyl (C=O) groups is 2. The van der Waals surface area contributed by atoms with Gasteiger partial charge in [0.1, 0.15) is 5.69 Å². The molecule has 0 fully saturated rings. The smallest absolute Gasteiger partial charge is 0.276 e. The Morgan fingerprint density at radius 3 is 2.37 bits per heavy atom. The zero-order valence-electron chi connectivity index (χ0n) is 17.0. The molecule has 0 atom stereocenters. The van der Waals surface area contributed by atoms with Gasteiger partial charge in [-0.05, 0) is 26.8 Å². The van der Waals surface area contributed by atoms with Gasteiger partial charge in [0.25, 0.3) is 17.5 Å². The van der Waals surface area contributed by atoms with Crippen LogP contribution < -0.4 is 10.6 Å². The van der Waals surface area contributed by atoms with Gasteiger partial charge in [0.15, 0.2) is 0 Å². The van der Waals surface area contributed by atoms with Crippen molar-refractivity contribution < 1.29 is 14.5 Å². The lowest BCUT2D eigenvalue weighted by atomic mass is 10.1. The van der Waals surface area contributed by atoms with E-state index in [1.807, 2.05) is 13.8 Å². The zero-order valence-corrected chi connectivity index (χ0v) is 17.0. The molecule has 2 N–H and O–H groups in total. The lowest BCUT2D eigenvalue weighted by Crippen LogP contribution is -2.21. The first-order chi connectivity index (χ1) is 14.2. The topological polar surface area (TPSA) is 137 Å². The van der Waals surface area contributed by atoms with E-state index < -0.39 is 16.7 Å². The molecule has 2 heterocycles. The van der Waals surface area contributed by atoms with E-state index in [4.69, 9.17) is 0 Å². The highest BCUT2D eigenvalue weighted by Gasteiger charge is 2.23. The number of rotatable bonds is 6. The Morgan fingerprint density at radius 1 is 1.10 bits per heavy atom. The Bertz CT molecular complexity index is 1150. The Balaban J connectivity index is 1.91. The summed E-state index contributed by atoms with van der Waals surface area (Å²) in [5.74, 6) is -1.03. The van der Waals surface area contributed by atoms with Crippen molar-refractivity contribution in [1.82, 2.24) is 19.6 Å². The van der Waals surface area contributed by atoms with Crippen LogP contribution in [0, 0.1) is 24.0 Å². The molecule has 0 saturated heterocycles. The van der Waals surface area contributed by atoms with Gasteiger partial charge < -0.3 is 10.6 Å². The Kier molecular flexibility index (Phi) is 5.63. The first kappa shape index (κ1) is 20.7. The summed E-state index contributed by atoms with van der Waals surface area (Å²) in [4.78, 5) is 36.3. The molecule has 0 bridgehead atoms. The second-order valence-corrected chi connectivity index (χ2v) is 6.60. The van der Waals surface area contributed by atoms with Crippen LogP contribution in [0.3, 0.4) is 0 Å². The summed E-state index contributed by atoms with van der Waals surface area (Å²) in [7, 11) is 1.76. The molecular formula is C19H21N7O4. The maximum atomic E-state index is 12.9. The molecule has 2 aromatic heterocycles. The van der Waals surface area contributed by atoms with Gasteiger partial charge in [0.05, 0.1) is 34.4 Å². The average molecular weight is 411 g/mol. The number of nitrogens with one attached hydrogen (secondary N) is 2. The highest BCUT2D eigenvalue weighted by atomic mass is 16.6. The van der Waals surface area contributed by atoms with Gasteiger partial charge in [-0.15, -0.1) is 0 Å². The number of nitro groups is 1. The molecule has 0 aliphatic heterocycles. The van der Waals surface area contributed by atoms with Crippen molar-refractivity contribution in [3.05, 3.63) is 63.2 Å². The number of aromatic nitrogens is 4. The van der Waals surface area contributed by atoms with Crippen LogP contribution in [-0.2, 0) is 13.6 Å². The van der Waals surface area contributed by atoms with Crippen molar-refractivity contribution in [2.75, 3.05) is 10.6 Å². The van der Waals surface area contributed by atoms with Crippen molar-refractivity contribution >= 4 is 28.9 Å². The zero-order chi connectivity index (χ0) is 22.0. The van der Waals surface area contributed by atoms with Gasteiger partial charge in [0.2, 0.25) is 0 Å². The fourth-order valence-corrected chi connectivity index (χ4v) is 3.02. The lowest BCUT2D eigenvalue weighted by Gasteiger charge is -2.11. The Hall–Kier alpha value is -4.02. The molecule has 0 aliphatic carbocycles. The molecule has 1 aromatic carbocycles. The van der Waals surface area contributed by atoms with Gasteiger partial charge in [-0.1, -0.05) is 6.07 Å². The van der Waals surface area contributed by atoms with Crippen LogP contribution in [0.2, 0.25) is 0 Å². The van der Waals surface area contributed by atoms with Crippen molar-refractivity contribution in [2.45, 2.75) is 27.3 Å². The van der Waals surface area contributed by atoms with Crippen LogP contribution in [0.25, 0.3) is 0 Å². The molecule has 3 rings (SSSR count). The maximum absolute atomic E-state index is 12.9. The van der Waals surface area contributed by atoms with Crippen molar-refractivity contribution in [1.29, 1.82) is 0 Å². The summed E-state index contributed by atoms with van der Waals surface area (Å²) in [6.45, 7) is 5.53. The Morgan fingerprint density at radius 2 is 1.77 bits per heavy atom. The lowest BCUT2D eigenvalue weighted by molar-refractivity contribution is -0.385. The van der Waals surface area contributed by atoms with Crippen LogP contribution in [0.1, 0.15) is 39.0 Å². The number of carbonyl (C=O) groups excluding carboxylic acids is 2. The quantitative estimate of drug-likeness (QED) is 0.472. The van der Waals surface area contributed by atoms with Crippen LogP contribution in [0.5, 0.6) is 0 Å². The normalized spacial score (nSPS) is 10.7. The SMILES string of the molecule is CCn1ncc(NC(=O)c2cccc([N+](=O)[O-])c2C)c1C(=O)Nc1cnn(C)c1C. The summed E-state index contributed by atoms with van der Waals surface area (Å²) in [6.07, 6.45) is 2.91. The van der Waals surface area contributed by atoms with E-state index in [-0.39, 0.29) is 28.2 Å². The van der Waals surface area contributed by atoms with E-state index in [1.54, 1.807) is 11.7 Å². The second kappa shape index (κ2) is 8.15. The Labute approximate surface area is 171 Å². The summed E-state index contributed by atoms with van der Waals surface area (Å²) in [6, 6.07) is 4.26. The first-order valence-electron chi connectivity index (χ1n) is 9.15. The van der Waals surface area contributed by atoms with Gasteiger partial charge in [0, 0.05) is 30.8 Å². The summed E-state index contributed by atoms with van der Waals surface area (Å²) >= 11 is 0. The number of benzene rings is 1. The third kappa shape index (κ3) is 3.77. The standard InChI is InChI=1S/C19H21N7O4/c1-5-25-17(19(28)22-14-9-20-24(4)12(14)3)15(10-21-25)23-18(27)13-7-6-8-16(11(13)2)26(29)30/h6-10H,5H2,1-4H3,(H,22,28)(H,23,27). The molecule has 0 aliphatic rings. The monoisotopic (exact) mass is 411 g/mol. The van der Waals surface area contributed by atoms with Crippen LogP contribution >= 0.6 is 0 Å². The number of hydrogen-bond donors (Lipinski definition) is 2. The molecule has 30 heavy (non-hydrogen) atoms. The summed E-state index contributed by atoms with van der Waals surface area (Å²) in [5.41, 5.74) is 1.89. The highest BCUT2D eigenvalue weighted by molar-refractivity contribution is 6.12. The number of anilines is 2. The average Bonchev–Trinajstić information content (AvgIpc) is 3.25. The second-order valence-electron chi connectivity index (χ2n) is 6.60. The first-order valence-corrected chi connectivity index (χ1v) is 9.15. The minimum atomic E-state index is -0.571. The van der Waals surface area contributed by atoms with E-state index in [9.17, 15) is 19.7 Å². The summed E-state index contributed by atoms with van der Waals surface area (Å²) in [5, 5.41) is 24.8. The number of nitro benzene ring substituents is 1. The predicted molar refractivity (Wildman–Crippen MR) is 110 cm³/mol. The molecule has 156 valence electrons. The predicted octanol–water partition coefficient (Wildman–Crippen LogP) is 2.67. The molecule has 11 heteroatoms. The van der Waals surface area contributed by atoms with Gasteiger partial charge in [-0.3, -0.25) is 29.1 Å². The van der Waals surface area contributed by atoms with E-state index in [2.05, 4.69) is 20.8 Å². The highest BCUT2D eigenvalue weighted by Crippen LogP contribution is 2.24. The minimum Gasteiger partial charge on any atom is -0.319 e. The van der Waals surface area contributed by atoms with Gasteiger partial charge in [-0.25, -0.2) is 0 Å². The molecule has 2 amide bonds. The van der Waals surface area contributed by atoms with E-state index in [0.717, 1.165) is 5.69 Å².